The lowest BCUT2D eigenvalue weighted by Gasteiger charge is -2.27. The molecule has 5 rings (SSSR count). The summed E-state index contributed by atoms with van der Waals surface area (Å²) in [4.78, 5) is 26.5. The van der Waals surface area contributed by atoms with Crippen LogP contribution in [-0.4, -0.2) is 36.6 Å². The van der Waals surface area contributed by atoms with E-state index in [1.54, 1.807) is 19.1 Å². The van der Waals surface area contributed by atoms with Gasteiger partial charge in [-0.25, -0.2) is 4.39 Å². The standard InChI is InChI=1S/C34H40FN3O4/c1-21-14-25(21)20-41-29-17-24(18-30(19-29)42-28-12-13-28)34(40)38-32(16-23-6-4-3-5-7-23)31(36)15-22(2)33(39)37-27-10-8-26(35)9-11-27/h3-11,17-19,21-22,25,28,31-32H,12-16,20,36H2,1-2H3,(H,37,39)(H,38,40)/t21?,22-,25?,31+,32+/m1/s1. The molecule has 0 saturated heterocycles. The second-order valence-electron chi connectivity index (χ2n) is 11.9. The van der Waals surface area contributed by atoms with E-state index in [9.17, 15) is 14.0 Å². The van der Waals surface area contributed by atoms with Crippen molar-refractivity contribution in [3.05, 3.63) is 89.7 Å². The normalized spacial score (nSPS) is 19.7. The number of hydrogen-bond acceptors (Lipinski definition) is 5. The quantitative estimate of drug-likeness (QED) is 0.228. The third-order valence-corrected chi connectivity index (χ3v) is 8.03. The first-order valence-electron chi connectivity index (χ1n) is 14.8. The van der Waals surface area contributed by atoms with Gasteiger partial charge >= 0.3 is 0 Å². The van der Waals surface area contributed by atoms with Crippen LogP contribution in [0, 0.1) is 23.6 Å². The Morgan fingerprint density at radius 2 is 1.71 bits per heavy atom. The molecule has 3 aromatic rings. The third-order valence-electron chi connectivity index (χ3n) is 8.03. The van der Waals surface area contributed by atoms with Crippen molar-refractivity contribution < 1.29 is 23.5 Å². The minimum atomic E-state index is -0.513. The van der Waals surface area contributed by atoms with Crippen LogP contribution < -0.4 is 25.8 Å². The molecule has 7 nitrogen and oxygen atoms in total. The Balaban J connectivity index is 1.28. The molecule has 4 N–H and O–H groups in total. The van der Waals surface area contributed by atoms with Crippen molar-refractivity contribution in [1.29, 1.82) is 0 Å². The second kappa shape index (κ2) is 13.4. The van der Waals surface area contributed by atoms with Gasteiger partial charge in [-0.2, -0.15) is 0 Å². The fourth-order valence-electron chi connectivity index (χ4n) is 4.97. The monoisotopic (exact) mass is 573 g/mol. The number of hydrogen-bond donors (Lipinski definition) is 3. The highest BCUT2D eigenvalue weighted by Gasteiger charge is 2.33. The molecular formula is C34H40FN3O4. The number of carbonyl (C=O) groups excluding carboxylic acids is 2. The summed E-state index contributed by atoms with van der Waals surface area (Å²) in [5.74, 6) is 1.14. The molecule has 0 radical (unpaired) electrons. The highest BCUT2D eigenvalue weighted by molar-refractivity contribution is 5.95. The zero-order valence-electron chi connectivity index (χ0n) is 24.2. The number of ether oxygens (including phenoxy) is 2. The SMILES string of the molecule is CC1CC1COc1cc(OC2CC2)cc(C(=O)N[C@@H](Cc2ccccc2)[C@@H](N)C[C@@H](C)C(=O)Nc2ccc(F)cc2)c1. The molecule has 0 aromatic heterocycles. The maximum Gasteiger partial charge on any atom is 0.251 e. The van der Waals surface area contributed by atoms with E-state index < -0.39 is 18.0 Å². The molecule has 0 heterocycles. The lowest BCUT2D eigenvalue weighted by Crippen LogP contribution is -2.50. The summed E-state index contributed by atoms with van der Waals surface area (Å²) in [7, 11) is 0. The van der Waals surface area contributed by atoms with Crippen molar-refractivity contribution in [3.8, 4) is 11.5 Å². The zero-order chi connectivity index (χ0) is 29.6. The van der Waals surface area contributed by atoms with Gasteiger partial charge in [0, 0.05) is 35.3 Å². The van der Waals surface area contributed by atoms with Crippen molar-refractivity contribution in [2.75, 3.05) is 11.9 Å². The Kier molecular flexibility index (Phi) is 9.42. The van der Waals surface area contributed by atoms with Crippen LogP contribution in [0.3, 0.4) is 0 Å². The molecule has 42 heavy (non-hydrogen) atoms. The summed E-state index contributed by atoms with van der Waals surface area (Å²) in [6.07, 6.45) is 4.19. The van der Waals surface area contributed by atoms with E-state index in [1.165, 1.54) is 24.3 Å². The smallest absolute Gasteiger partial charge is 0.251 e. The lowest BCUT2D eigenvalue weighted by atomic mass is 9.92. The van der Waals surface area contributed by atoms with Crippen LogP contribution in [0.25, 0.3) is 0 Å². The first-order chi connectivity index (χ1) is 20.2. The van der Waals surface area contributed by atoms with Crippen molar-refractivity contribution >= 4 is 17.5 Å². The summed E-state index contributed by atoms with van der Waals surface area (Å²) < 4.78 is 25.4. The van der Waals surface area contributed by atoms with Crippen molar-refractivity contribution in [2.45, 2.75) is 64.1 Å². The van der Waals surface area contributed by atoms with Gasteiger partial charge in [-0.05, 0) is 85.9 Å². The van der Waals surface area contributed by atoms with E-state index in [1.807, 2.05) is 36.4 Å². The molecule has 3 aromatic carbocycles. The molecule has 0 spiro atoms. The first-order valence-corrected chi connectivity index (χ1v) is 14.8. The largest absolute Gasteiger partial charge is 0.493 e. The fraction of sp³-hybridized carbons (Fsp3) is 0.412. The van der Waals surface area contributed by atoms with Crippen molar-refractivity contribution in [3.63, 3.8) is 0 Å². The van der Waals surface area contributed by atoms with Gasteiger partial charge in [0.2, 0.25) is 5.91 Å². The van der Waals surface area contributed by atoms with Crippen LogP contribution in [0.4, 0.5) is 10.1 Å². The Labute approximate surface area is 247 Å². The highest BCUT2D eigenvalue weighted by atomic mass is 19.1. The topological polar surface area (TPSA) is 103 Å². The lowest BCUT2D eigenvalue weighted by molar-refractivity contribution is -0.119. The molecule has 2 saturated carbocycles. The molecular weight excluding hydrogens is 533 g/mol. The first kappa shape index (κ1) is 29.6. The summed E-state index contributed by atoms with van der Waals surface area (Å²) in [5.41, 5.74) is 8.66. The molecule has 222 valence electrons. The van der Waals surface area contributed by atoms with Crippen molar-refractivity contribution in [1.82, 2.24) is 5.32 Å². The average Bonchev–Trinajstić information content (AvgIpc) is 3.91. The van der Waals surface area contributed by atoms with Gasteiger partial charge in [0.1, 0.15) is 17.3 Å². The van der Waals surface area contributed by atoms with E-state index in [2.05, 4.69) is 17.6 Å². The van der Waals surface area contributed by atoms with Crippen LogP contribution in [0.2, 0.25) is 0 Å². The zero-order valence-corrected chi connectivity index (χ0v) is 24.2. The van der Waals surface area contributed by atoms with E-state index in [0.29, 0.717) is 54.0 Å². The van der Waals surface area contributed by atoms with Gasteiger partial charge in [0.15, 0.2) is 0 Å². The number of amides is 2. The average molecular weight is 574 g/mol. The molecule has 2 unspecified atom stereocenters. The Hall–Kier alpha value is -3.91. The third kappa shape index (κ3) is 8.55. The Morgan fingerprint density at radius 3 is 2.38 bits per heavy atom. The fourth-order valence-corrected chi connectivity index (χ4v) is 4.97. The maximum atomic E-state index is 13.7. The van der Waals surface area contributed by atoms with Gasteiger partial charge in [-0.1, -0.05) is 44.2 Å². The van der Waals surface area contributed by atoms with Crippen LogP contribution in [-0.2, 0) is 11.2 Å². The number of benzene rings is 3. The minimum Gasteiger partial charge on any atom is -0.493 e. The maximum absolute atomic E-state index is 13.7. The molecule has 2 aliphatic rings. The Bertz CT molecular complexity index is 1360. The van der Waals surface area contributed by atoms with Crippen LogP contribution in [0.15, 0.2) is 72.8 Å². The summed E-state index contributed by atoms with van der Waals surface area (Å²) in [6, 6.07) is 19.9. The predicted molar refractivity (Wildman–Crippen MR) is 161 cm³/mol. The number of anilines is 1. The molecule has 0 aliphatic heterocycles. The van der Waals surface area contributed by atoms with Gasteiger partial charge < -0.3 is 25.8 Å². The number of nitrogens with one attached hydrogen (secondary N) is 2. The van der Waals surface area contributed by atoms with Gasteiger partial charge in [-0.15, -0.1) is 0 Å². The van der Waals surface area contributed by atoms with Gasteiger partial charge in [0.25, 0.3) is 5.91 Å². The van der Waals surface area contributed by atoms with Crippen LogP contribution in [0.1, 0.15) is 55.5 Å². The summed E-state index contributed by atoms with van der Waals surface area (Å²) >= 11 is 0. The molecule has 8 heteroatoms. The molecule has 2 amide bonds. The number of halogens is 1. The Morgan fingerprint density at radius 1 is 1.02 bits per heavy atom. The van der Waals surface area contributed by atoms with E-state index >= 15 is 0 Å². The van der Waals surface area contributed by atoms with Gasteiger partial charge in [-0.3, -0.25) is 9.59 Å². The summed E-state index contributed by atoms with van der Waals surface area (Å²) in [5, 5.41) is 5.95. The molecule has 5 atom stereocenters. The van der Waals surface area contributed by atoms with Gasteiger partial charge in [0.05, 0.1) is 12.7 Å². The van der Waals surface area contributed by atoms with Crippen LogP contribution >= 0.6 is 0 Å². The number of nitrogens with two attached hydrogens (primary N) is 1. The number of rotatable bonds is 14. The second-order valence-corrected chi connectivity index (χ2v) is 11.9. The molecule has 2 fully saturated rings. The van der Waals surface area contributed by atoms with Crippen LogP contribution in [0.5, 0.6) is 11.5 Å². The highest BCUT2D eigenvalue weighted by Crippen LogP contribution is 2.38. The van der Waals surface area contributed by atoms with Crippen molar-refractivity contribution in [2.24, 2.45) is 23.5 Å². The molecule has 0 bridgehead atoms. The minimum absolute atomic E-state index is 0.182. The predicted octanol–water partition coefficient (Wildman–Crippen LogP) is 5.74. The van der Waals surface area contributed by atoms with E-state index in [-0.39, 0.29) is 23.7 Å². The molecule has 2 aliphatic carbocycles. The number of carbonyl (C=O) groups is 2. The van der Waals surface area contributed by atoms with E-state index in [0.717, 1.165) is 24.8 Å². The summed E-state index contributed by atoms with van der Waals surface area (Å²) in [6.45, 7) is 4.63. The van der Waals surface area contributed by atoms with E-state index in [4.69, 9.17) is 15.2 Å².